The van der Waals surface area contributed by atoms with Gasteiger partial charge in [0.25, 0.3) is 0 Å². The third-order valence-electron chi connectivity index (χ3n) is 3.78. The van der Waals surface area contributed by atoms with Crippen LogP contribution in [0, 0.1) is 5.92 Å². The number of carboxylic acid groups (broad SMARTS) is 1. The molecule has 1 aliphatic rings. The van der Waals surface area contributed by atoms with Crippen molar-refractivity contribution in [3.8, 4) is 0 Å². The van der Waals surface area contributed by atoms with Crippen LogP contribution in [-0.4, -0.2) is 47.6 Å². The molecule has 0 radical (unpaired) electrons. The molecular formula is C14H24N2O3. The van der Waals surface area contributed by atoms with E-state index in [0.717, 1.165) is 32.2 Å². The van der Waals surface area contributed by atoms with E-state index in [1.165, 1.54) is 0 Å². The number of nitrogens with one attached hydrogen (secondary N) is 1. The Bertz CT molecular complexity index is 344. The summed E-state index contributed by atoms with van der Waals surface area (Å²) in [6.07, 6.45) is 5.56. The Balaban J connectivity index is 2.69. The highest BCUT2D eigenvalue weighted by atomic mass is 16.4. The van der Waals surface area contributed by atoms with E-state index < -0.39 is 12.0 Å². The Kier molecular flexibility index (Phi) is 6.02. The van der Waals surface area contributed by atoms with Gasteiger partial charge in [-0.05, 0) is 26.4 Å². The first-order valence-electron chi connectivity index (χ1n) is 6.83. The molecule has 19 heavy (non-hydrogen) atoms. The lowest BCUT2D eigenvalue weighted by atomic mass is 10.0. The number of hydrogen-bond donors (Lipinski definition) is 2. The molecule has 5 nitrogen and oxygen atoms in total. The summed E-state index contributed by atoms with van der Waals surface area (Å²) in [4.78, 5) is 25.5. The monoisotopic (exact) mass is 268 g/mol. The number of carboxylic acids is 1. The van der Waals surface area contributed by atoms with Crippen LogP contribution >= 0.6 is 0 Å². The number of amides is 1. The van der Waals surface area contributed by atoms with Crippen molar-refractivity contribution in [3.63, 3.8) is 0 Å². The van der Waals surface area contributed by atoms with E-state index in [1.54, 1.807) is 13.0 Å². The first kappa shape index (κ1) is 15.7. The van der Waals surface area contributed by atoms with Crippen LogP contribution in [0.4, 0.5) is 0 Å². The van der Waals surface area contributed by atoms with Crippen molar-refractivity contribution in [2.75, 3.05) is 13.6 Å². The van der Waals surface area contributed by atoms with Gasteiger partial charge in [-0.25, -0.2) is 4.79 Å². The largest absolute Gasteiger partial charge is 0.480 e. The van der Waals surface area contributed by atoms with E-state index in [1.807, 2.05) is 11.9 Å². The van der Waals surface area contributed by atoms with Crippen LogP contribution in [0.2, 0.25) is 0 Å². The molecule has 0 aromatic heterocycles. The van der Waals surface area contributed by atoms with Gasteiger partial charge in [0.15, 0.2) is 0 Å². The number of hydrogen-bond acceptors (Lipinski definition) is 3. The molecule has 0 aromatic carbocycles. The summed E-state index contributed by atoms with van der Waals surface area (Å²) < 4.78 is 0. The lowest BCUT2D eigenvalue weighted by Crippen LogP contribution is -2.52. The van der Waals surface area contributed by atoms with Gasteiger partial charge in [-0.3, -0.25) is 9.69 Å². The zero-order chi connectivity index (χ0) is 14.4. The minimum atomic E-state index is -1.02. The van der Waals surface area contributed by atoms with Crippen LogP contribution in [-0.2, 0) is 9.59 Å². The molecule has 2 N–H and O–H groups in total. The molecule has 3 unspecified atom stereocenters. The molecule has 5 heteroatoms. The lowest BCUT2D eigenvalue weighted by molar-refractivity contribution is -0.143. The summed E-state index contributed by atoms with van der Waals surface area (Å²) in [6.45, 7) is 6.21. The Hall–Kier alpha value is -1.36. The fraction of sp³-hybridized carbons (Fsp3) is 0.714. The van der Waals surface area contributed by atoms with Gasteiger partial charge in [-0.15, -0.1) is 6.58 Å². The standard InChI is InChI=1S/C14H24N2O3/c1-4-10(2)12(14(18)19)15-13(17)11-8-6-5-7-9-16(11)3/h4,10-12H,1,5-9H2,2-3H3,(H,15,17)(H,18,19). The Morgan fingerprint density at radius 1 is 1.42 bits per heavy atom. The van der Waals surface area contributed by atoms with Crippen molar-refractivity contribution >= 4 is 11.9 Å². The zero-order valence-corrected chi connectivity index (χ0v) is 11.8. The molecule has 0 bridgehead atoms. The Morgan fingerprint density at radius 3 is 2.68 bits per heavy atom. The van der Waals surface area contributed by atoms with Gasteiger partial charge < -0.3 is 10.4 Å². The molecule has 0 aliphatic carbocycles. The molecule has 0 spiro atoms. The number of carbonyl (C=O) groups excluding carboxylic acids is 1. The SMILES string of the molecule is C=CC(C)C(NC(=O)C1CCCCCN1C)C(=O)O. The number of likely N-dealkylation sites (tertiary alicyclic amines) is 1. The van der Waals surface area contributed by atoms with E-state index in [2.05, 4.69) is 11.9 Å². The summed E-state index contributed by atoms with van der Waals surface area (Å²) in [5, 5.41) is 11.8. The molecule has 1 rings (SSSR count). The maximum Gasteiger partial charge on any atom is 0.326 e. The van der Waals surface area contributed by atoms with Gasteiger partial charge in [0.2, 0.25) is 5.91 Å². The Labute approximate surface area is 114 Å². The van der Waals surface area contributed by atoms with Crippen molar-refractivity contribution in [3.05, 3.63) is 12.7 Å². The van der Waals surface area contributed by atoms with Crippen molar-refractivity contribution < 1.29 is 14.7 Å². The maximum atomic E-state index is 12.2. The predicted octanol–water partition coefficient (Wildman–Crippen LogP) is 1.25. The average molecular weight is 268 g/mol. The first-order valence-corrected chi connectivity index (χ1v) is 6.83. The molecule has 1 fully saturated rings. The molecular weight excluding hydrogens is 244 g/mol. The third kappa shape index (κ3) is 4.35. The number of rotatable bonds is 5. The number of nitrogens with zero attached hydrogens (tertiary/aromatic N) is 1. The summed E-state index contributed by atoms with van der Waals surface area (Å²) in [5.74, 6) is -1.50. The fourth-order valence-corrected chi connectivity index (χ4v) is 2.39. The second-order valence-corrected chi connectivity index (χ2v) is 5.27. The second-order valence-electron chi connectivity index (χ2n) is 5.27. The van der Waals surface area contributed by atoms with E-state index in [4.69, 9.17) is 5.11 Å². The van der Waals surface area contributed by atoms with Crippen LogP contribution in [0.15, 0.2) is 12.7 Å². The van der Waals surface area contributed by atoms with E-state index in [9.17, 15) is 9.59 Å². The topological polar surface area (TPSA) is 69.6 Å². The highest BCUT2D eigenvalue weighted by molar-refractivity contribution is 5.87. The average Bonchev–Trinajstić information content (AvgIpc) is 2.59. The van der Waals surface area contributed by atoms with Gasteiger partial charge in [0.05, 0.1) is 6.04 Å². The van der Waals surface area contributed by atoms with Gasteiger partial charge >= 0.3 is 5.97 Å². The highest BCUT2D eigenvalue weighted by Gasteiger charge is 2.30. The summed E-state index contributed by atoms with van der Waals surface area (Å²) in [5.41, 5.74) is 0. The number of likely N-dealkylation sites (N-methyl/N-ethyl adjacent to an activating group) is 1. The molecule has 1 aliphatic heterocycles. The highest BCUT2D eigenvalue weighted by Crippen LogP contribution is 2.16. The van der Waals surface area contributed by atoms with E-state index >= 15 is 0 Å². The van der Waals surface area contributed by atoms with Gasteiger partial charge in [0.1, 0.15) is 6.04 Å². The van der Waals surface area contributed by atoms with Crippen molar-refractivity contribution in [2.45, 2.75) is 44.7 Å². The van der Waals surface area contributed by atoms with Crippen LogP contribution in [0.25, 0.3) is 0 Å². The van der Waals surface area contributed by atoms with Crippen LogP contribution in [0.5, 0.6) is 0 Å². The molecule has 1 heterocycles. The normalized spacial score (nSPS) is 24.0. The summed E-state index contributed by atoms with van der Waals surface area (Å²) in [7, 11) is 1.92. The Morgan fingerprint density at radius 2 is 2.11 bits per heavy atom. The van der Waals surface area contributed by atoms with Gasteiger partial charge in [0, 0.05) is 5.92 Å². The first-order chi connectivity index (χ1) is 8.97. The number of carbonyl (C=O) groups is 2. The molecule has 108 valence electrons. The molecule has 0 aromatic rings. The van der Waals surface area contributed by atoms with Gasteiger partial charge in [-0.2, -0.15) is 0 Å². The quantitative estimate of drug-likeness (QED) is 0.736. The lowest BCUT2D eigenvalue weighted by Gasteiger charge is -2.27. The van der Waals surface area contributed by atoms with Gasteiger partial charge in [-0.1, -0.05) is 25.8 Å². The maximum absolute atomic E-state index is 12.2. The third-order valence-corrected chi connectivity index (χ3v) is 3.78. The second kappa shape index (κ2) is 7.28. The minimum Gasteiger partial charge on any atom is -0.480 e. The molecule has 3 atom stereocenters. The molecule has 1 saturated heterocycles. The van der Waals surface area contributed by atoms with Crippen LogP contribution < -0.4 is 5.32 Å². The van der Waals surface area contributed by atoms with Crippen molar-refractivity contribution in [1.29, 1.82) is 0 Å². The summed E-state index contributed by atoms with van der Waals surface area (Å²) in [6, 6.07) is -1.12. The van der Waals surface area contributed by atoms with E-state index in [0.29, 0.717) is 0 Å². The number of aliphatic carboxylic acids is 1. The summed E-state index contributed by atoms with van der Waals surface area (Å²) >= 11 is 0. The van der Waals surface area contributed by atoms with Crippen LogP contribution in [0.1, 0.15) is 32.6 Å². The van der Waals surface area contributed by atoms with Crippen molar-refractivity contribution in [2.24, 2.45) is 5.92 Å². The molecule has 1 amide bonds. The fourth-order valence-electron chi connectivity index (χ4n) is 2.39. The predicted molar refractivity (Wildman–Crippen MR) is 73.8 cm³/mol. The van der Waals surface area contributed by atoms with Crippen LogP contribution in [0.3, 0.4) is 0 Å². The van der Waals surface area contributed by atoms with Crippen molar-refractivity contribution in [1.82, 2.24) is 10.2 Å². The smallest absolute Gasteiger partial charge is 0.326 e. The zero-order valence-electron chi connectivity index (χ0n) is 11.8. The minimum absolute atomic E-state index is 0.189. The van der Waals surface area contributed by atoms with E-state index in [-0.39, 0.29) is 17.9 Å². The molecule has 0 saturated carbocycles.